The first-order valence-electron chi connectivity index (χ1n) is 4.33. The van der Waals surface area contributed by atoms with Gasteiger partial charge in [-0.3, -0.25) is 4.79 Å². The summed E-state index contributed by atoms with van der Waals surface area (Å²) in [4.78, 5) is 11.1. The van der Waals surface area contributed by atoms with Gasteiger partial charge in [0.15, 0.2) is 0 Å². The van der Waals surface area contributed by atoms with Gasteiger partial charge in [0.2, 0.25) is 5.91 Å². The van der Waals surface area contributed by atoms with Gasteiger partial charge in [-0.25, -0.2) is 0 Å². The molecule has 0 aromatic rings. The van der Waals surface area contributed by atoms with Crippen LogP contribution in [0.5, 0.6) is 0 Å². The summed E-state index contributed by atoms with van der Waals surface area (Å²) in [5, 5.41) is 6.21. The van der Waals surface area contributed by atoms with Crippen molar-refractivity contribution in [1.82, 2.24) is 10.6 Å². The minimum absolute atomic E-state index is 0.184. The van der Waals surface area contributed by atoms with E-state index >= 15 is 0 Å². The molecular weight excluding hydrogens is 140 g/mol. The third-order valence-electron chi connectivity index (χ3n) is 2.03. The Balaban J connectivity index is 2.35. The van der Waals surface area contributed by atoms with Crippen LogP contribution in [0.1, 0.15) is 26.2 Å². The van der Waals surface area contributed by atoms with Crippen molar-refractivity contribution in [3.8, 4) is 0 Å². The van der Waals surface area contributed by atoms with Crippen molar-refractivity contribution in [2.24, 2.45) is 0 Å². The molecule has 1 aliphatic heterocycles. The van der Waals surface area contributed by atoms with Crippen molar-refractivity contribution in [2.45, 2.75) is 32.2 Å². The molecule has 0 aromatic heterocycles. The lowest BCUT2D eigenvalue weighted by atomic mass is 10.1. The van der Waals surface area contributed by atoms with Crippen LogP contribution in [0.3, 0.4) is 0 Å². The molecule has 0 radical (unpaired) electrons. The van der Waals surface area contributed by atoms with Gasteiger partial charge in [-0.05, 0) is 19.4 Å². The summed E-state index contributed by atoms with van der Waals surface area (Å²) in [7, 11) is 0. The molecule has 1 rings (SSSR count). The van der Waals surface area contributed by atoms with E-state index < -0.39 is 0 Å². The lowest BCUT2D eigenvalue weighted by molar-refractivity contribution is -0.121. The van der Waals surface area contributed by atoms with E-state index in [0.29, 0.717) is 12.5 Å². The predicted molar refractivity (Wildman–Crippen MR) is 44.3 cm³/mol. The van der Waals surface area contributed by atoms with Gasteiger partial charge in [0.25, 0.3) is 0 Å². The maximum absolute atomic E-state index is 11.1. The SMILES string of the molecule is CCC1CC(=O)NCCCN1. The van der Waals surface area contributed by atoms with Crippen LogP contribution >= 0.6 is 0 Å². The van der Waals surface area contributed by atoms with Crippen LogP contribution in [0.4, 0.5) is 0 Å². The minimum Gasteiger partial charge on any atom is -0.356 e. The van der Waals surface area contributed by atoms with Gasteiger partial charge in [0.1, 0.15) is 0 Å². The molecule has 11 heavy (non-hydrogen) atoms. The van der Waals surface area contributed by atoms with Crippen LogP contribution in [0.2, 0.25) is 0 Å². The molecule has 64 valence electrons. The van der Waals surface area contributed by atoms with Gasteiger partial charge in [-0.15, -0.1) is 0 Å². The maximum Gasteiger partial charge on any atom is 0.221 e. The Morgan fingerprint density at radius 2 is 2.36 bits per heavy atom. The topological polar surface area (TPSA) is 41.1 Å². The number of carbonyl (C=O) groups is 1. The number of carbonyl (C=O) groups excluding carboxylic acids is 1. The van der Waals surface area contributed by atoms with Gasteiger partial charge < -0.3 is 10.6 Å². The molecular formula is C8H16N2O. The lowest BCUT2D eigenvalue weighted by Crippen LogP contribution is -2.40. The molecule has 0 bridgehead atoms. The molecule has 1 aliphatic rings. The fourth-order valence-corrected chi connectivity index (χ4v) is 1.28. The second-order valence-electron chi connectivity index (χ2n) is 2.97. The zero-order valence-corrected chi connectivity index (χ0v) is 7.02. The lowest BCUT2D eigenvalue weighted by Gasteiger charge is -2.19. The average molecular weight is 156 g/mol. The first-order valence-corrected chi connectivity index (χ1v) is 4.33. The molecule has 1 heterocycles. The smallest absolute Gasteiger partial charge is 0.221 e. The summed E-state index contributed by atoms with van der Waals surface area (Å²) in [6.45, 7) is 3.95. The van der Waals surface area contributed by atoms with E-state index in [9.17, 15) is 4.79 Å². The zero-order valence-electron chi connectivity index (χ0n) is 7.02. The van der Waals surface area contributed by atoms with Gasteiger partial charge in [0.05, 0.1) is 0 Å². The predicted octanol–water partition coefficient (Wildman–Crippen LogP) is 0.265. The average Bonchev–Trinajstić information content (AvgIpc) is 1.96. The minimum atomic E-state index is 0.184. The second-order valence-corrected chi connectivity index (χ2v) is 2.97. The highest BCUT2D eigenvalue weighted by Crippen LogP contribution is 1.99. The standard InChI is InChI=1S/C8H16N2O/c1-2-7-6-8(11)10-5-3-4-9-7/h7,9H,2-6H2,1H3,(H,10,11). The highest BCUT2D eigenvalue weighted by atomic mass is 16.1. The van der Waals surface area contributed by atoms with Crippen LogP contribution in [0.15, 0.2) is 0 Å². The summed E-state index contributed by atoms with van der Waals surface area (Å²) in [5.74, 6) is 0.184. The first kappa shape index (κ1) is 8.53. The van der Waals surface area contributed by atoms with E-state index in [1.165, 1.54) is 0 Å². The quantitative estimate of drug-likeness (QED) is 0.572. The fraction of sp³-hybridized carbons (Fsp3) is 0.875. The van der Waals surface area contributed by atoms with Crippen molar-refractivity contribution >= 4 is 5.91 Å². The van der Waals surface area contributed by atoms with E-state index in [0.717, 1.165) is 25.9 Å². The van der Waals surface area contributed by atoms with Crippen molar-refractivity contribution in [3.63, 3.8) is 0 Å². The number of amides is 1. The van der Waals surface area contributed by atoms with Crippen molar-refractivity contribution < 1.29 is 4.79 Å². The monoisotopic (exact) mass is 156 g/mol. The summed E-state index contributed by atoms with van der Waals surface area (Å²) in [6, 6.07) is 0.385. The Morgan fingerprint density at radius 3 is 3.09 bits per heavy atom. The van der Waals surface area contributed by atoms with Crippen LogP contribution in [-0.2, 0) is 4.79 Å². The molecule has 3 heteroatoms. The molecule has 1 amide bonds. The molecule has 1 atom stereocenters. The number of hydrogen-bond acceptors (Lipinski definition) is 2. The Kier molecular flexibility index (Phi) is 3.36. The van der Waals surface area contributed by atoms with Crippen molar-refractivity contribution in [3.05, 3.63) is 0 Å². The van der Waals surface area contributed by atoms with Crippen LogP contribution in [-0.4, -0.2) is 25.0 Å². The molecule has 0 spiro atoms. The van der Waals surface area contributed by atoms with E-state index in [2.05, 4.69) is 17.6 Å². The van der Waals surface area contributed by atoms with Gasteiger partial charge in [-0.1, -0.05) is 6.92 Å². The van der Waals surface area contributed by atoms with E-state index in [4.69, 9.17) is 0 Å². The zero-order chi connectivity index (χ0) is 8.10. The van der Waals surface area contributed by atoms with Gasteiger partial charge in [0, 0.05) is 19.0 Å². The Labute approximate surface area is 67.5 Å². The van der Waals surface area contributed by atoms with Gasteiger partial charge in [-0.2, -0.15) is 0 Å². The van der Waals surface area contributed by atoms with Crippen molar-refractivity contribution in [2.75, 3.05) is 13.1 Å². The van der Waals surface area contributed by atoms with Crippen LogP contribution < -0.4 is 10.6 Å². The largest absolute Gasteiger partial charge is 0.356 e. The summed E-state index contributed by atoms with van der Waals surface area (Å²) >= 11 is 0. The summed E-state index contributed by atoms with van der Waals surface area (Å²) < 4.78 is 0. The molecule has 3 nitrogen and oxygen atoms in total. The second kappa shape index (κ2) is 4.34. The van der Waals surface area contributed by atoms with Gasteiger partial charge >= 0.3 is 0 Å². The third kappa shape index (κ3) is 2.89. The first-order chi connectivity index (χ1) is 5.33. The van der Waals surface area contributed by atoms with E-state index in [-0.39, 0.29) is 5.91 Å². The molecule has 0 aliphatic carbocycles. The highest BCUT2D eigenvalue weighted by Gasteiger charge is 2.12. The summed E-state index contributed by atoms with van der Waals surface area (Å²) in [5.41, 5.74) is 0. The fourth-order valence-electron chi connectivity index (χ4n) is 1.28. The maximum atomic E-state index is 11.1. The van der Waals surface area contributed by atoms with Crippen LogP contribution in [0.25, 0.3) is 0 Å². The number of hydrogen-bond donors (Lipinski definition) is 2. The highest BCUT2D eigenvalue weighted by molar-refractivity contribution is 5.76. The molecule has 2 N–H and O–H groups in total. The molecule has 0 saturated carbocycles. The summed E-state index contributed by atoms with van der Waals surface area (Å²) in [6.07, 6.45) is 2.71. The number of nitrogens with one attached hydrogen (secondary N) is 2. The normalized spacial score (nSPS) is 27.0. The molecule has 1 saturated heterocycles. The Morgan fingerprint density at radius 1 is 1.55 bits per heavy atom. The Hall–Kier alpha value is -0.570. The van der Waals surface area contributed by atoms with Crippen LogP contribution in [0, 0.1) is 0 Å². The van der Waals surface area contributed by atoms with E-state index in [1.807, 2.05) is 0 Å². The van der Waals surface area contributed by atoms with Crippen molar-refractivity contribution in [1.29, 1.82) is 0 Å². The molecule has 1 fully saturated rings. The van der Waals surface area contributed by atoms with E-state index in [1.54, 1.807) is 0 Å². The number of rotatable bonds is 1. The molecule has 0 aromatic carbocycles. The third-order valence-corrected chi connectivity index (χ3v) is 2.03. The molecule has 1 unspecified atom stereocenters. The Bertz CT molecular complexity index is 136.